The molecule has 0 aliphatic carbocycles. The smallest absolute Gasteiger partial charge is 0.320 e. The average Bonchev–Trinajstić information content (AvgIpc) is 2.03. The highest BCUT2D eigenvalue weighted by atomic mass is 16.4. The maximum atomic E-state index is 10.3. The van der Waals surface area contributed by atoms with E-state index in [1.54, 1.807) is 0 Å². The van der Waals surface area contributed by atoms with Crippen molar-refractivity contribution in [2.24, 2.45) is 5.73 Å². The van der Waals surface area contributed by atoms with E-state index in [9.17, 15) is 4.79 Å². The lowest BCUT2D eigenvalue weighted by Gasteiger charge is -2.10. The molecule has 0 radical (unpaired) electrons. The largest absolute Gasteiger partial charge is 0.480 e. The van der Waals surface area contributed by atoms with E-state index in [-0.39, 0.29) is 0 Å². The predicted octanol–water partition coefficient (Wildman–Crippen LogP) is 0.177. The number of nitrogens with one attached hydrogen (secondary N) is 1. The van der Waals surface area contributed by atoms with E-state index in [0.717, 1.165) is 12.8 Å². The Morgan fingerprint density at radius 1 is 1.58 bits per heavy atom. The van der Waals surface area contributed by atoms with Crippen molar-refractivity contribution in [1.29, 1.82) is 0 Å². The molecule has 0 saturated carbocycles. The van der Waals surface area contributed by atoms with Crippen LogP contribution < -0.4 is 11.1 Å². The monoisotopic (exact) mass is 174 g/mol. The highest BCUT2D eigenvalue weighted by Gasteiger charge is 2.10. The van der Waals surface area contributed by atoms with E-state index in [4.69, 9.17) is 10.8 Å². The molecule has 0 saturated heterocycles. The molecular weight excluding hydrogens is 156 g/mol. The van der Waals surface area contributed by atoms with Crippen LogP contribution in [0.15, 0.2) is 0 Å². The van der Waals surface area contributed by atoms with Gasteiger partial charge in [0.25, 0.3) is 0 Å². The number of carbonyl (C=O) groups is 1. The Hall–Kier alpha value is -0.610. The van der Waals surface area contributed by atoms with Crippen LogP contribution in [0.3, 0.4) is 0 Å². The molecule has 0 spiro atoms. The molecule has 0 amide bonds. The van der Waals surface area contributed by atoms with Gasteiger partial charge >= 0.3 is 5.97 Å². The molecule has 4 heteroatoms. The first-order valence-electron chi connectivity index (χ1n) is 4.23. The van der Waals surface area contributed by atoms with Crippen LogP contribution >= 0.6 is 0 Å². The Labute approximate surface area is 73.1 Å². The molecule has 0 rings (SSSR count). The van der Waals surface area contributed by atoms with Gasteiger partial charge in [0.15, 0.2) is 0 Å². The number of carboxylic acid groups (broad SMARTS) is 1. The van der Waals surface area contributed by atoms with Gasteiger partial charge in [-0.15, -0.1) is 0 Å². The standard InChI is InChI=1S/C8H18N2O2/c1-6(10-2)4-3-5-7(9)8(11)12/h6-7,10H,3-5,9H2,1-2H3,(H,11,12). The minimum Gasteiger partial charge on any atom is -0.480 e. The fourth-order valence-corrected chi connectivity index (χ4v) is 0.912. The van der Waals surface area contributed by atoms with Crippen molar-refractivity contribution in [3.05, 3.63) is 0 Å². The molecule has 0 aliphatic rings. The minimum absolute atomic E-state index is 0.436. The molecule has 0 heterocycles. The van der Waals surface area contributed by atoms with E-state index in [1.165, 1.54) is 0 Å². The summed E-state index contributed by atoms with van der Waals surface area (Å²) in [5.41, 5.74) is 5.32. The summed E-state index contributed by atoms with van der Waals surface area (Å²) in [6.07, 6.45) is 2.38. The number of hydrogen-bond acceptors (Lipinski definition) is 3. The topological polar surface area (TPSA) is 75.3 Å². The maximum absolute atomic E-state index is 10.3. The summed E-state index contributed by atoms with van der Waals surface area (Å²) in [5.74, 6) is -0.910. The summed E-state index contributed by atoms with van der Waals surface area (Å²) < 4.78 is 0. The molecule has 2 atom stereocenters. The van der Waals surface area contributed by atoms with Gasteiger partial charge in [0.1, 0.15) is 6.04 Å². The number of hydrogen-bond donors (Lipinski definition) is 3. The van der Waals surface area contributed by atoms with Gasteiger partial charge in [-0.05, 0) is 33.2 Å². The van der Waals surface area contributed by atoms with Crippen molar-refractivity contribution in [3.63, 3.8) is 0 Å². The molecule has 0 fully saturated rings. The van der Waals surface area contributed by atoms with Gasteiger partial charge < -0.3 is 16.2 Å². The predicted molar refractivity (Wildman–Crippen MR) is 48.0 cm³/mol. The fourth-order valence-electron chi connectivity index (χ4n) is 0.912. The van der Waals surface area contributed by atoms with Gasteiger partial charge in [-0.25, -0.2) is 0 Å². The Morgan fingerprint density at radius 3 is 2.58 bits per heavy atom. The lowest BCUT2D eigenvalue weighted by molar-refractivity contribution is -0.138. The summed E-state index contributed by atoms with van der Waals surface area (Å²) >= 11 is 0. The quantitative estimate of drug-likeness (QED) is 0.537. The molecule has 0 aromatic carbocycles. The van der Waals surface area contributed by atoms with Gasteiger partial charge in [-0.1, -0.05) is 0 Å². The van der Waals surface area contributed by atoms with Gasteiger partial charge in [0.05, 0.1) is 0 Å². The summed E-state index contributed by atoms with van der Waals surface area (Å²) in [5, 5.41) is 11.5. The number of aliphatic carboxylic acids is 1. The molecule has 0 bridgehead atoms. The van der Waals surface area contributed by atoms with Crippen LogP contribution in [0.25, 0.3) is 0 Å². The fraction of sp³-hybridized carbons (Fsp3) is 0.875. The molecule has 4 nitrogen and oxygen atoms in total. The Bertz CT molecular complexity index is 139. The van der Waals surface area contributed by atoms with Crippen LogP contribution in [-0.4, -0.2) is 30.2 Å². The van der Waals surface area contributed by atoms with Gasteiger partial charge in [-0.3, -0.25) is 4.79 Å². The molecule has 0 aliphatic heterocycles. The van der Waals surface area contributed by atoms with E-state index < -0.39 is 12.0 Å². The number of rotatable bonds is 6. The lowest BCUT2D eigenvalue weighted by Crippen LogP contribution is -2.30. The average molecular weight is 174 g/mol. The minimum atomic E-state index is -0.910. The molecule has 0 aromatic rings. The van der Waals surface area contributed by atoms with Crippen LogP contribution in [0, 0.1) is 0 Å². The van der Waals surface area contributed by atoms with E-state index in [2.05, 4.69) is 12.2 Å². The second-order valence-electron chi connectivity index (χ2n) is 3.07. The van der Waals surface area contributed by atoms with Crippen LogP contribution in [-0.2, 0) is 4.79 Å². The second kappa shape index (κ2) is 5.97. The maximum Gasteiger partial charge on any atom is 0.320 e. The summed E-state index contributed by atoms with van der Waals surface area (Å²) in [6.45, 7) is 2.06. The molecule has 0 aromatic heterocycles. The number of carboxylic acids is 1. The van der Waals surface area contributed by atoms with E-state index in [1.807, 2.05) is 7.05 Å². The number of nitrogens with two attached hydrogens (primary N) is 1. The van der Waals surface area contributed by atoms with Crippen LogP contribution in [0.5, 0.6) is 0 Å². The molecular formula is C8H18N2O2. The zero-order chi connectivity index (χ0) is 9.56. The van der Waals surface area contributed by atoms with Crippen molar-refractivity contribution in [2.45, 2.75) is 38.3 Å². The highest BCUT2D eigenvalue weighted by molar-refractivity contribution is 5.72. The third-order valence-electron chi connectivity index (χ3n) is 1.96. The zero-order valence-corrected chi connectivity index (χ0v) is 7.71. The first kappa shape index (κ1) is 11.4. The Balaban J connectivity index is 3.37. The first-order chi connectivity index (χ1) is 5.57. The third kappa shape index (κ3) is 5.09. The molecule has 12 heavy (non-hydrogen) atoms. The van der Waals surface area contributed by atoms with Crippen molar-refractivity contribution < 1.29 is 9.90 Å². The van der Waals surface area contributed by atoms with Crippen molar-refractivity contribution >= 4 is 5.97 Å². The second-order valence-corrected chi connectivity index (χ2v) is 3.07. The van der Waals surface area contributed by atoms with Crippen molar-refractivity contribution in [2.75, 3.05) is 7.05 Å². The van der Waals surface area contributed by atoms with Gasteiger partial charge in [0, 0.05) is 6.04 Å². The summed E-state index contributed by atoms with van der Waals surface area (Å²) in [7, 11) is 1.89. The lowest BCUT2D eigenvalue weighted by atomic mass is 10.1. The Kier molecular flexibility index (Phi) is 5.66. The summed E-state index contributed by atoms with van der Waals surface area (Å²) in [6, 6.07) is -0.264. The first-order valence-corrected chi connectivity index (χ1v) is 4.23. The van der Waals surface area contributed by atoms with Gasteiger partial charge in [-0.2, -0.15) is 0 Å². The summed E-state index contributed by atoms with van der Waals surface area (Å²) in [4.78, 5) is 10.3. The molecule has 2 unspecified atom stereocenters. The molecule has 4 N–H and O–H groups in total. The van der Waals surface area contributed by atoms with Crippen molar-refractivity contribution in [1.82, 2.24) is 5.32 Å². The Morgan fingerprint density at radius 2 is 2.17 bits per heavy atom. The van der Waals surface area contributed by atoms with Crippen molar-refractivity contribution in [3.8, 4) is 0 Å². The normalized spacial score (nSPS) is 15.6. The van der Waals surface area contributed by atoms with E-state index >= 15 is 0 Å². The highest BCUT2D eigenvalue weighted by Crippen LogP contribution is 2.02. The van der Waals surface area contributed by atoms with E-state index in [0.29, 0.717) is 12.5 Å². The van der Waals surface area contributed by atoms with Crippen LogP contribution in [0.4, 0.5) is 0 Å². The molecule has 72 valence electrons. The van der Waals surface area contributed by atoms with Crippen LogP contribution in [0.2, 0.25) is 0 Å². The SMILES string of the molecule is CNC(C)CCCC(N)C(=O)O. The van der Waals surface area contributed by atoms with Crippen LogP contribution in [0.1, 0.15) is 26.2 Å². The third-order valence-corrected chi connectivity index (χ3v) is 1.96. The zero-order valence-electron chi connectivity index (χ0n) is 7.71. The van der Waals surface area contributed by atoms with Gasteiger partial charge in [0.2, 0.25) is 0 Å².